The third-order valence-corrected chi connectivity index (χ3v) is 6.83. The van der Waals surface area contributed by atoms with Gasteiger partial charge in [-0.3, -0.25) is 9.88 Å². The fourth-order valence-corrected chi connectivity index (χ4v) is 4.66. The molecule has 0 saturated carbocycles. The second kappa shape index (κ2) is 10.4. The molecule has 0 atom stereocenters. The third-order valence-electron chi connectivity index (χ3n) is 6.83. The van der Waals surface area contributed by atoms with Crippen LogP contribution >= 0.6 is 0 Å². The molecule has 4 aromatic rings. The Morgan fingerprint density at radius 2 is 1.62 bits per heavy atom. The number of alkyl halides is 6. The van der Waals surface area contributed by atoms with Crippen molar-refractivity contribution in [3.63, 3.8) is 0 Å². The molecule has 1 saturated heterocycles. The summed E-state index contributed by atoms with van der Waals surface area (Å²) in [4.78, 5) is 15.3. The summed E-state index contributed by atoms with van der Waals surface area (Å²) in [6.45, 7) is 4.49. The van der Waals surface area contributed by atoms with Crippen molar-refractivity contribution < 1.29 is 26.3 Å². The van der Waals surface area contributed by atoms with E-state index in [0.717, 1.165) is 44.1 Å². The van der Waals surface area contributed by atoms with Crippen molar-refractivity contribution in [2.45, 2.75) is 38.7 Å². The van der Waals surface area contributed by atoms with Gasteiger partial charge in [-0.1, -0.05) is 6.92 Å². The van der Waals surface area contributed by atoms with Gasteiger partial charge in [0.15, 0.2) is 5.65 Å². The van der Waals surface area contributed by atoms with Crippen LogP contribution in [-0.4, -0.2) is 32.9 Å². The molecule has 1 N–H and O–H groups in total. The SMILES string of the molecule is CC1CCN(Cc2cc(Nc3ccc(C(F)(F)F)cc3)c3ccc(-c4ncccc4C(F)(F)F)nc3n2)CC1. The molecule has 1 aliphatic rings. The van der Waals surface area contributed by atoms with E-state index in [1.807, 2.05) is 0 Å². The molecule has 0 amide bonds. The van der Waals surface area contributed by atoms with E-state index in [0.29, 0.717) is 34.9 Å². The maximum absolute atomic E-state index is 13.6. The maximum Gasteiger partial charge on any atom is 0.418 e. The molecule has 0 radical (unpaired) electrons. The Morgan fingerprint density at radius 3 is 2.28 bits per heavy atom. The first-order valence-corrected chi connectivity index (χ1v) is 12.5. The van der Waals surface area contributed by atoms with Crippen molar-refractivity contribution in [3.8, 4) is 11.4 Å². The van der Waals surface area contributed by atoms with Gasteiger partial charge in [0.1, 0.15) is 5.69 Å². The highest BCUT2D eigenvalue weighted by Gasteiger charge is 2.35. The van der Waals surface area contributed by atoms with E-state index < -0.39 is 23.5 Å². The lowest BCUT2D eigenvalue weighted by atomic mass is 9.99. The summed E-state index contributed by atoms with van der Waals surface area (Å²) in [5.41, 5.74) is -0.142. The number of fused-ring (bicyclic) bond motifs is 1. The molecule has 1 aliphatic heterocycles. The van der Waals surface area contributed by atoms with E-state index in [2.05, 4.69) is 32.1 Å². The van der Waals surface area contributed by atoms with Crippen molar-refractivity contribution >= 4 is 22.4 Å². The van der Waals surface area contributed by atoms with Gasteiger partial charge in [0.05, 0.1) is 28.2 Å². The number of hydrogen-bond acceptors (Lipinski definition) is 5. The number of likely N-dealkylation sites (tertiary alicyclic amines) is 1. The Labute approximate surface area is 220 Å². The zero-order chi connectivity index (χ0) is 27.8. The quantitative estimate of drug-likeness (QED) is 0.261. The van der Waals surface area contributed by atoms with E-state index in [1.54, 1.807) is 12.1 Å². The molecule has 1 fully saturated rings. The van der Waals surface area contributed by atoms with Crippen LogP contribution in [0.1, 0.15) is 36.6 Å². The average molecular weight is 546 g/mol. The summed E-state index contributed by atoms with van der Waals surface area (Å²) in [5.74, 6) is 0.633. The number of pyridine rings is 3. The predicted octanol–water partition coefficient (Wildman–Crippen LogP) is 7.70. The number of halogens is 6. The standard InChI is InChI=1S/C28H25F6N5/c1-17-10-13-39(14-11-17)16-20-15-24(36-19-6-4-18(5-7-19)27(29,30)31)21-8-9-23(38-26(21)37-20)25-22(28(32,33)34)3-2-12-35-25/h2-9,12,15,17H,10-11,13-14,16H2,1H3,(H,36,37,38). The highest BCUT2D eigenvalue weighted by atomic mass is 19.4. The van der Waals surface area contributed by atoms with E-state index in [-0.39, 0.29) is 17.0 Å². The summed E-state index contributed by atoms with van der Waals surface area (Å²) in [6, 6.07) is 11.6. The maximum atomic E-state index is 13.6. The van der Waals surface area contributed by atoms with Crippen molar-refractivity contribution in [1.29, 1.82) is 0 Å². The Balaban J connectivity index is 1.56. The fourth-order valence-electron chi connectivity index (χ4n) is 4.66. The van der Waals surface area contributed by atoms with Gasteiger partial charge in [0, 0.05) is 23.8 Å². The van der Waals surface area contributed by atoms with E-state index in [4.69, 9.17) is 0 Å². The topological polar surface area (TPSA) is 53.9 Å². The number of hydrogen-bond donors (Lipinski definition) is 1. The van der Waals surface area contributed by atoms with Crippen molar-refractivity contribution in [2.75, 3.05) is 18.4 Å². The minimum atomic E-state index is -4.61. The summed E-state index contributed by atoms with van der Waals surface area (Å²) in [6.07, 6.45) is -5.70. The van der Waals surface area contributed by atoms with Crippen molar-refractivity contribution in [1.82, 2.24) is 19.9 Å². The molecule has 4 heterocycles. The predicted molar refractivity (Wildman–Crippen MR) is 136 cm³/mol. The minimum Gasteiger partial charge on any atom is -0.355 e. The van der Waals surface area contributed by atoms with Gasteiger partial charge in [-0.15, -0.1) is 0 Å². The number of benzene rings is 1. The number of nitrogens with one attached hydrogen (secondary N) is 1. The normalized spacial score (nSPS) is 15.6. The molecule has 11 heteroatoms. The number of piperidine rings is 1. The molecule has 0 spiro atoms. The molecule has 0 unspecified atom stereocenters. The number of anilines is 2. The van der Waals surface area contributed by atoms with Crippen LogP contribution < -0.4 is 5.32 Å². The molecule has 1 aromatic carbocycles. The van der Waals surface area contributed by atoms with Crippen LogP contribution in [0, 0.1) is 5.92 Å². The Morgan fingerprint density at radius 1 is 0.897 bits per heavy atom. The van der Waals surface area contributed by atoms with Gasteiger partial charge in [-0.05, 0) is 86.4 Å². The molecule has 204 valence electrons. The third kappa shape index (κ3) is 6.13. The zero-order valence-corrected chi connectivity index (χ0v) is 20.9. The molecule has 39 heavy (non-hydrogen) atoms. The van der Waals surface area contributed by atoms with Gasteiger partial charge < -0.3 is 5.32 Å². The van der Waals surface area contributed by atoms with Gasteiger partial charge in [-0.25, -0.2) is 9.97 Å². The number of nitrogens with zero attached hydrogens (tertiary/aromatic N) is 4. The highest BCUT2D eigenvalue weighted by molar-refractivity contribution is 5.92. The summed E-state index contributed by atoms with van der Waals surface area (Å²) in [7, 11) is 0. The van der Waals surface area contributed by atoms with Crippen LogP contribution in [0.3, 0.4) is 0 Å². The summed E-state index contributed by atoms with van der Waals surface area (Å²) < 4.78 is 80.0. The minimum absolute atomic E-state index is 0.0207. The average Bonchev–Trinajstić information content (AvgIpc) is 2.89. The second-order valence-corrected chi connectivity index (χ2v) is 9.78. The summed E-state index contributed by atoms with van der Waals surface area (Å²) >= 11 is 0. The highest BCUT2D eigenvalue weighted by Crippen LogP contribution is 2.37. The first-order valence-electron chi connectivity index (χ1n) is 12.5. The van der Waals surface area contributed by atoms with Gasteiger partial charge >= 0.3 is 12.4 Å². The van der Waals surface area contributed by atoms with Crippen LogP contribution in [0.2, 0.25) is 0 Å². The first kappa shape index (κ1) is 26.9. The molecular weight excluding hydrogens is 520 g/mol. The smallest absolute Gasteiger partial charge is 0.355 e. The van der Waals surface area contributed by atoms with Crippen LogP contribution in [-0.2, 0) is 18.9 Å². The van der Waals surface area contributed by atoms with Gasteiger partial charge in [0.2, 0.25) is 0 Å². The lowest BCUT2D eigenvalue weighted by molar-refractivity contribution is -0.138. The monoisotopic (exact) mass is 545 g/mol. The van der Waals surface area contributed by atoms with Crippen LogP contribution in [0.4, 0.5) is 37.7 Å². The van der Waals surface area contributed by atoms with E-state index in [1.165, 1.54) is 30.5 Å². The number of rotatable bonds is 5. The second-order valence-electron chi connectivity index (χ2n) is 9.78. The van der Waals surface area contributed by atoms with Gasteiger partial charge in [0.25, 0.3) is 0 Å². The Kier molecular flexibility index (Phi) is 7.19. The fraction of sp³-hybridized carbons (Fsp3) is 0.321. The van der Waals surface area contributed by atoms with E-state index >= 15 is 0 Å². The summed E-state index contributed by atoms with van der Waals surface area (Å²) in [5, 5.41) is 3.66. The van der Waals surface area contributed by atoms with Crippen LogP contribution in [0.5, 0.6) is 0 Å². The Bertz CT molecular complexity index is 1460. The van der Waals surface area contributed by atoms with Crippen molar-refractivity contribution in [3.05, 3.63) is 77.6 Å². The number of aromatic nitrogens is 3. The lowest BCUT2D eigenvalue weighted by Crippen LogP contribution is -2.32. The molecular formula is C28H25F6N5. The zero-order valence-electron chi connectivity index (χ0n) is 20.9. The first-order chi connectivity index (χ1) is 18.5. The van der Waals surface area contributed by atoms with E-state index in [9.17, 15) is 26.3 Å². The molecule has 3 aromatic heterocycles. The Hall–Kier alpha value is -3.73. The molecule has 0 bridgehead atoms. The largest absolute Gasteiger partial charge is 0.418 e. The molecule has 5 nitrogen and oxygen atoms in total. The van der Waals surface area contributed by atoms with Crippen LogP contribution in [0.15, 0.2) is 60.8 Å². The lowest BCUT2D eigenvalue weighted by Gasteiger charge is -2.30. The van der Waals surface area contributed by atoms with Crippen LogP contribution in [0.25, 0.3) is 22.4 Å². The molecule has 5 rings (SSSR count). The van der Waals surface area contributed by atoms with Gasteiger partial charge in [-0.2, -0.15) is 26.3 Å². The van der Waals surface area contributed by atoms with Crippen molar-refractivity contribution in [2.24, 2.45) is 5.92 Å². The molecule has 0 aliphatic carbocycles.